The normalized spacial score (nSPS) is 19.6. The molecule has 3 aromatic rings. The molecule has 1 fully saturated rings. The van der Waals surface area contributed by atoms with Gasteiger partial charge < -0.3 is 10.1 Å². The van der Waals surface area contributed by atoms with Gasteiger partial charge in [0.1, 0.15) is 24.0 Å². The summed E-state index contributed by atoms with van der Waals surface area (Å²) in [5.74, 6) is 1.59. The smallest absolute Gasteiger partial charge is 0.210 e. The van der Waals surface area contributed by atoms with E-state index >= 15 is 0 Å². The second-order valence-corrected chi connectivity index (χ2v) is 7.38. The molecule has 0 bridgehead atoms. The number of benzene rings is 1. The van der Waals surface area contributed by atoms with E-state index in [0.29, 0.717) is 24.0 Å². The third-order valence-corrected chi connectivity index (χ3v) is 5.52. The fourth-order valence-corrected chi connectivity index (χ4v) is 3.98. The van der Waals surface area contributed by atoms with E-state index in [1.807, 2.05) is 10.6 Å². The monoisotopic (exact) mass is 367 g/mol. The van der Waals surface area contributed by atoms with E-state index in [-0.39, 0.29) is 11.9 Å². The molecule has 7 heteroatoms. The van der Waals surface area contributed by atoms with E-state index in [4.69, 9.17) is 4.74 Å². The SMILES string of the molecule is CCCCCc1cnc(NCc2c(F)ccc3c2[C@@H]2C[C@@H]2O3)n2cnnc12. The van der Waals surface area contributed by atoms with E-state index in [0.717, 1.165) is 41.8 Å². The molecule has 27 heavy (non-hydrogen) atoms. The second-order valence-electron chi connectivity index (χ2n) is 7.38. The van der Waals surface area contributed by atoms with E-state index in [1.54, 1.807) is 12.4 Å². The van der Waals surface area contributed by atoms with E-state index in [1.165, 1.54) is 18.9 Å². The van der Waals surface area contributed by atoms with Crippen molar-refractivity contribution in [1.29, 1.82) is 0 Å². The summed E-state index contributed by atoms with van der Waals surface area (Å²) in [6, 6.07) is 3.22. The van der Waals surface area contributed by atoms with Crippen molar-refractivity contribution in [3.8, 4) is 5.75 Å². The van der Waals surface area contributed by atoms with Crippen LogP contribution in [0.15, 0.2) is 24.7 Å². The maximum Gasteiger partial charge on any atom is 0.210 e. The quantitative estimate of drug-likeness (QED) is 0.643. The number of aromatic nitrogens is 4. The number of unbranched alkanes of at least 4 members (excludes halogenated alkanes) is 2. The van der Waals surface area contributed by atoms with E-state index < -0.39 is 0 Å². The van der Waals surface area contributed by atoms with Crippen molar-refractivity contribution in [2.24, 2.45) is 0 Å². The van der Waals surface area contributed by atoms with Gasteiger partial charge >= 0.3 is 0 Å². The van der Waals surface area contributed by atoms with Crippen LogP contribution in [-0.4, -0.2) is 25.7 Å². The zero-order chi connectivity index (χ0) is 18.4. The first-order valence-electron chi connectivity index (χ1n) is 9.65. The van der Waals surface area contributed by atoms with Gasteiger partial charge in [0, 0.05) is 35.3 Å². The standard InChI is InChI=1S/C20H22FN5O/c1-2-3-4-5-12-9-22-20(26-11-24-25-19(12)26)23-10-14-15(21)6-7-16-18(14)13-8-17(13)27-16/h6-7,9,11,13,17H,2-5,8,10H2,1H3,(H,22,23)/t13-,17+/m1/s1. The first-order valence-corrected chi connectivity index (χ1v) is 9.65. The zero-order valence-electron chi connectivity index (χ0n) is 15.3. The van der Waals surface area contributed by atoms with E-state index in [2.05, 4.69) is 27.4 Å². The molecule has 3 heterocycles. The third kappa shape index (κ3) is 2.81. The molecule has 1 N–H and O–H groups in total. The molecule has 1 aliphatic heterocycles. The fraction of sp³-hybridized carbons (Fsp3) is 0.450. The second kappa shape index (κ2) is 6.48. The van der Waals surface area contributed by atoms with Gasteiger partial charge in [-0.2, -0.15) is 0 Å². The van der Waals surface area contributed by atoms with Crippen LogP contribution < -0.4 is 10.1 Å². The fourth-order valence-electron chi connectivity index (χ4n) is 3.98. The maximum atomic E-state index is 14.5. The largest absolute Gasteiger partial charge is 0.489 e. The highest BCUT2D eigenvalue weighted by molar-refractivity contribution is 5.54. The summed E-state index contributed by atoms with van der Waals surface area (Å²) in [6.45, 7) is 2.54. The molecule has 0 amide bonds. The van der Waals surface area contributed by atoms with Gasteiger partial charge in [0.15, 0.2) is 5.65 Å². The predicted octanol–water partition coefficient (Wildman–Crippen LogP) is 3.86. The van der Waals surface area contributed by atoms with Crippen molar-refractivity contribution < 1.29 is 9.13 Å². The summed E-state index contributed by atoms with van der Waals surface area (Å²) in [5.41, 5.74) is 3.59. The number of aryl methyl sites for hydroxylation is 1. The molecule has 2 aliphatic rings. The van der Waals surface area contributed by atoms with Crippen LogP contribution >= 0.6 is 0 Å². The summed E-state index contributed by atoms with van der Waals surface area (Å²) in [4.78, 5) is 4.54. The minimum absolute atomic E-state index is 0.200. The Kier molecular flexibility index (Phi) is 3.95. The Morgan fingerprint density at radius 3 is 3.15 bits per heavy atom. The van der Waals surface area contributed by atoms with Crippen LogP contribution in [0.1, 0.15) is 55.2 Å². The molecule has 2 atom stereocenters. The molecule has 0 spiro atoms. The van der Waals surface area contributed by atoms with Crippen molar-refractivity contribution in [1.82, 2.24) is 19.6 Å². The van der Waals surface area contributed by atoms with Crippen LogP contribution in [0.5, 0.6) is 5.75 Å². The molecule has 5 rings (SSSR count). The Morgan fingerprint density at radius 2 is 2.26 bits per heavy atom. The molecule has 6 nitrogen and oxygen atoms in total. The molecule has 140 valence electrons. The lowest BCUT2D eigenvalue weighted by Gasteiger charge is -2.13. The van der Waals surface area contributed by atoms with Gasteiger partial charge in [-0.1, -0.05) is 19.8 Å². The number of rotatable bonds is 7. The van der Waals surface area contributed by atoms with Gasteiger partial charge in [0.05, 0.1) is 0 Å². The molecule has 2 aromatic heterocycles. The average Bonchev–Trinajstić information content (AvgIpc) is 3.10. The van der Waals surface area contributed by atoms with Crippen molar-refractivity contribution in [2.45, 2.75) is 57.6 Å². The Morgan fingerprint density at radius 1 is 1.33 bits per heavy atom. The Hall–Kier alpha value is -2.70. The van der Waals surface area contributed by atoms with Crippen molar-refractivity contribution in [3.63, 3.8) is 0 Å². The maximum absolute atomic E-state index is 14.5. The van der Waals surface area contributed by atoms with Gasteiger partial charge in [-0.15, -0.1) is 10.2 Å². The van der Waals surface area contributed by atoms with Crippen molar-refractivity contribution >= 4 is 11.6 Å². The first-order chi connectivity index (χ1) is 13.3. The Bertz CT molecular complexity index is 1000. The lowest BCUT2D eigenvalue weighted by Crippen LogP contribution is -2.10. The third-order valence-electron chi connectivity index (χ3n) is 5.52. The summed E-state index contributed by atoms with van der Waals surface area (Å²) >= 11 is 0. The predicted molar refractivity (Wildman–Crippen MR) is 99.5 cm³/mol. The van der Waals surface area contributed by atoms with Crippen molar-refractivity contribution in [2.75, 3.05) is 5.32 Å². The molecular formula is C20H22FN5O. The van der Waals surface area contributed by atoms with Gasteiger partial charge in [-0.05, 0) is 31.4 Å². The van der Waals surface area contributed by atoms with Crippen LogP contribution in [-0.2, 0) is 13.0 Å². The molecule has 0 unspecified atom stereocenters. The average molecular weight is 367 g/mol. The summed E-state index contributed by atoms with van der Waals surface area (Å²) in [5, 5.41) is 11.6. The number of ether oxygens (including phenoxy) is 1. The van der Waals surface area contributed by atoms with Crippen LogP contribution in [0.3, 0.4) is 0 Å². The van der Waals surface area contributed by atoms with Crippen LogP contribution in [0.2, 0.25) is 0 Å². The number of hydrogen-bond acceptors (Lipinski definition) is 5. The Labute approximate surface area is 156 Å². The topological polar surface area (TPSA) is 64.3 Å². The van der Waals surface area contributed by atoms with Crippen LogP contribution in [0, 0.1) is 5.82 Å². The first kappa shape index (κ1) is 16.5. The van der Waals surface area contributed by atoms with Gasteiger partial charge in [-0.3, -0.25) is 4.40 Å². The van der Waals surface area contributed by atoms with E-state index in [9.17, 15) is 4.39 Å². The molecular weight excluding hydrogens is 345 g/mol. The molecule has 1 aliphatic carbocycles. The molecule has 1 saturated carbocycles. The van der Waals surface area contributed by atoms with Gasteiger partial charge in [0.2, 0.25) is 5.95 Å². The highest BCUT2D eigenvalue weighted by Gasteiger charge is 2.49. The minimum atomic E-state index is -0.200. The number of halogens is 1. The number of nitrogens with one attached hydrogen (secondary N) is 1. The highest BCUT2D eigenvalue weighted by atomic mass is 19.1. The minimum Gasteiger partial charge on any atom is -0.489 e. The zero-order valence-corrected chi connectivity index (χ0v) is 15.3. The van der Waals surface area contributed by atoms with Crippen LogP contribution in [0.25, 0.3) is 5.65 Å². The van der Waals surface area contributed by atoms with Gasteiger partial charge in [0.25, 0.3) is 0 Å². The number of nitrogens with zero attached hydrogens (tertiary/aromatic N) is 4. The lowest BCUT2D eigenvalue weighted by molar-refractivity contribution is 0.318. The lowest BCUT2D eigenvalue weighted by atomic mass is 10.0. The summed E-state index contributed by atoms with van der Waals surface area (Å²) in [7, 11) is 0. The molecule has 0 saturated heterocycles. The summed E-state index contributed by atoms with van der Waals surface area (Å²) < 4.78 is 22.1. The molecule has 1 aromatic carbocycles. The van der Waals surface area contributed by atoms with Crippen LogP contribution in [0.4, 0.5) is 10.3 Å². The Balaban J connectivity index is 1.40. The number of hydrogen-bond donors (Lipinski definition) is 1. The highest BCUT2D eigenvalue weighted by Crippen LogP contribution is 2.55. The summed E-state index contributed by atoms with van der Waals surface area (Å²) in [6.07, 6.45) is 9.14. The van der Waals surface area contributed by atoms with Gasteiger partial charge in [-0.25, -0.2) is 9.37 Å². The number of anilines is 1. The van der Waals surface area contributed by atoms with Crippen molar-refractivity contribution in [3.05, 3.63) is 47.2 Å². The molecule has 0 radical (unpaired) electrons. The number of fused-ring (bicyclic) bond motifs is 4.